The molecule has 0 radical (unpaired) electrons. The molecular weight excluding hydrogens is 188 g/mol. The van der Waals surface area contributed by atoms with Crippen molar-refractivity contribution in [3.63, 3.8) is 0 Å². The van der Waals surface area contributed by atoms with E-state index in [1.165, 1.54) is 24.0 Å². The molecule has 2 heterocycles. The predicted molar refractivity (Wildman–Crippen MR) is 57.5 cm³/mol. The lowest BCUT2D eigenvalue weighted by molar-refractivity contribution is -0.266. The summed E-state index contributed by atoms with van der Waals surface area (Å²) in [6.45, 7) is 1.55. The minimum absolute atomic E-state index is 0.299. The highest BCUT2D eigenvalue weighted by Crippen LogP contribution is 2.35. The highest BCUT2D eigenvalue weighted by molar-refractivity contribution is 5.29. The van der Waals surface area contributed by atoms with Crippen LogP contribution in [0.15, 0.2) is 24.3 Å². The van der Waals surface area contributed by atoms with Crippen LogP contribution >= 0.6 is 0 Å². The van der Waals surface area contributed by atoms with Crippen molar-refractivity contribution in [3.05, 3.63) is 35.4 Å². The van der Waals surface area contributed by atoms with Gasteiger partial charge in [0.25, 0.3) is 0 Å². The molecular formula is C13H16O2. The summed E-state index contributed by atoms with van der Waals surface area (Å²) in [5.41, 5.74) is 2.71. The number of rotatable bonds is 0. The van der Waals surface area contributed by atoms with Gasteiger partial charge in [-0.3, -0.25) is 0 Å². The van der Waals surface area contributed by atoms with E-state index in [0.717, 1.165) is 19.4 Å². The maximum atomic E-state index is 5.91. The van der Waals surface area contributed by atoms with Crippen molar-refractivity contribution in [3.8, 4) is 0 Å². The van der Waals surface area contributed by atoms with Crippen molar-refractivity contribution in [1.29, 1.82) is 0 Å². The average molecular weight is 204 g/mol. The van der Waals surface area contributed by atoms with Gasteiger partial charge in [-0.2, -0.15) is 0 Å². The molecule has 1 atom stereocenters. The Kier molecular flexibility index (Phi) is 2.26. The smallest absolute Gasteiger partial charge is 0.172 e. The first-order valence-electron chi connectivity index (χ1n) is 5.73. The fraction of sp³-hybridized carbons (Fsp3) is 0.538. The van der Waals surface area contributed by atoms with Crippen LogP contribution in [0.4, 0.5) is 0 Å². The standard InChI is InChI=1S/C13H16O2/c1-2-6-12-10-15-13(9-11(12)5-1)7-3-4-8-14-13/h1-2,5-6H,3-4,7-10H2. The zero-order valence-electron chi connectivity index (χ0n) is 8.87. The van der Waals surface area contributed by atoms with Crippen molar-refractivity contribution < 1.29 is 9.47 Å². The van der Waals surface area contributed by atoms with Gasteiger partial charge in [0.05, 0.1) is 13.2 Å². The van der Waals surface area contributed by atoms with Crippen LogP contribution in [-0.4, -0.2) is 12.4 Å². The number of ether oxygens (including phenoxy) is 2. The summed E-state index contributed by atoms with van der Waals surface area (Å²) in [5.74, 6) is -0.299. The van der Waals surface area contributed by atoms with Crippen LogP contribution in [0.2, 0.25) is 0 Å². The Bertz CT molecular complexity index is 353. The molecule has 0 N–H and O–H groups in total. The van der Waals surface area contributed by atoms with E-state index in [9.17, 15) is 0 Å². The zero-order chi connectivity index (χ0) is 10.1. The van der Waals surface area contributed by atoms with Crippen LogP contribution in [0.25, 0.3) is 0 Å². The maximum absolute atomic E-state index is 5.91. The third kappa shape index (κ3) is 1.68. The molecule has 1 spiro atoms. The Morgan fingerprint density at radius 3 is 2.67 bits per heavy atom. The van der Waals surface area contributed by atoms with Crippen LogP contribution in [0.3, 0.4) is 0 Å². The molecule has 80 valence electrons. The lowest BCUT2D eigenvalue weighted by Crippen LogP contribution is -2.43. The Hall–Kier alpha value is -0.860. The molecule has 2 aliphatic rings. The molecule has 1 aromatic rings. The second-order valence-electron chi connectivity index (χ2n) is 4.45. The molecule has 0 bridgehead atoms. The second-order valence-corrected chi connectivity index (χ2v) is 4.45. The van der Waals surface area contributed by atoms with E-state index in [2.05, 4.69) is 24.3 Å². The maximum Gasteiger partial charge on any atom is 0.172 e. The van der Waals surface area contributed by atoms with Gasteiger partial charge in [0.2, 0.25) is 0 Å². The van der Waals surface area contributed by atoms with Gasteiger partial charge in [-0.25, -0.2) is 0 Å². The van der Waals surface area contributed by atoms with Crippen molar-refractivity contribution in [2.45, 2.75) is 38.1 Å². The minimum Gasteiger partial charge on any atom is -0.350 e. The lowest BCUT2D eigenvalue weighted by Gasteiger charge is -2.40. The Morgan fingerprint density at radius 1 is 1.00 bits per heavy atom. The summed E-state index contributed by atoms with van der Waals surface area (Å²) in [7, 11) is 0. The molecule has 15 heavy (non-hydrogen) atoms. The molecule has 1 fully saturated rings. The van der Waals surface area contributed by atoms with Gasteiger partial charge in [-0.15, -0.1) is 0 Å². The van der Waals surface area contributed by atoms with Crippen LogP contribution in [0, 0.1) is 0 Å². The molecule has 2 heteroatoms. The van der Waals surface area contributed by atoms with E-state index in [0.29, 0.717) is 6.61 Å². The average Bonchev–Trinajstić information content (AvgIpc) is 2.30. The number of hydrogen-bond donors (Lipinski definition) is 0. The lowest BCUT2D eigenvalue weighted by atomic mass is 9.92. The summed E-state index contributed by atoms with van der Waals surface area (Å²) in [4.78, 5) is 0. The van der Waals surface area contributed by atoms with Crippen molar-refractivity contribution in [1.82, 2.24) is 0 Å². The molecule has 1 aromatic carbocycles. The fourth-order valence-electron chi connectivity index (χ4n) is 2.50. The molecule has 2 aliphatic heterocycles. The molecule has 2 nitrogen and oxygen atoms in total. The SMILES string of the molecule is c1ccc2c(c1)COC1(CCCCO1)C2. The van der Waals surface area contributed by atoms with Gasteiger partial charge >= 0.3 is 0 Å². The van der Waals surface area contributed by atoms with Crippen molar-refractivity contribution in [2.75, 3.05) is 6.61 Å². The summed E-state index contributed by atoms with van der Waals surface area (Å²) in [5, 5.41) is 0. The number of benzene rings is 1. The third-order valence-electron chi connectivity index (χ3n) is 3.39. The van der Waals surface area contributed by atoms with Gasteiger partial charge in [0.1, 0.15) is 0 Å². The van der Waals surface area contributed by atoms with E-state index in [4.69, 9.17) is 9.47 Å². The highest BCUT2D eigenvalue weighted by Gasteiger charge is 2.37. The highest BCUT2D eigenvalue weighted by atomic mass is 16.7. The summed E-state index contributed by atoms with van der Waals surface area (Å²) < 4.78 is 11.8. The van der Waals surface area contributed by atoms with E-state index in [1.807, 2.05) is 0 Å². The topological polar surface area (TPSA) is 18.5 Å². The van der Waals surface area contributed by atoms with Gasteiger partial charge in [0, 0.05) is 12.8 Å². The zero-order valence-corrected chi connectivity index (χ0v) is 8.87. The minimum atomic E-state index is -0.299. The Labute approximate surface area is 90.2 Å². The van der Waals surface area contributed by atoms with Crippen molar-refractivity contribution in [2.24, 2.45) is 0 Å². The molecule has 0 aromatic heterocycles. The third-order valence-corrected chi connectivity index (χ3v) is 3.39. The fourth-order valence-corrected chi connectivity index (χ4v) is 2.50. The van der Waals surface area contributed by atoms with E-state index < -0.39 is 0 Å². The van der Waals surface area contributed by atoms with Crippen molar-refractivity contribution >= 4 is 0 Å². The summed E-state index contributed by atoms with van der Waals surface area (Å²) in [6.07, 6.45) is 4.36. The second kappa shape index (κ2) is 3.62. The quantitative estimate of drug-likeness (QED) is 0.647. The van der Waals surface area contributed by atoms with Crippen LogP contribution in [-0.2, 0) is 22.5 Å². The number of hydrogen-bond acceptors (Lipinski definition) is 2. The predicted octanol–water partition coefficient (Wildman–Crippen LogP) is 2.66. The molecule has 0 aliphatic carbocycles. The molecule has 0 saturated carbocycles. The monoisotopic (exact) mass is 204 g/mol. The molecule has 1 saturated heterocycles. The molecule has 0 amide bonds. The first-order chi connectivity index (χ1) is 7.38. The van der Waals surface area contributed by atoms with Gasteiger partial charge in [-0.05, 0) is 24.0 Å². The van der Waals surface area contributed by atoms with Crippen LogP contribution < -0.4 is 0 Å². The van der Waals surface area contributed by atoms with E-state index >= 15 is 0 Å². The summed E-state index contributed by atoms with van der Waals surface area (Å²) in [6, 6.07) is 8.51. The number of fused-ring (bicyclic) bond motifs is 1. The van der Waals surface area contributed by atoms with Crippen LogP contribution in [0.1, 0.15) is 30.4 Å². The largest absolute Gasteiger partial charge is 0.350 e. The normalized spacial score (nSPS) is 30.1. The van der Waals surface area contributed by atoms with Gasteiger partial charge in [0.15, 0.2) is 5.79 Å². The van der Waals surface area contributed by atoms with E-state index in [-0.39, 0.29) is 5.79 Å². The van der Waals surface area contributed by atoms with Gasteiger partial charge in [-0.1, -0.05) is 24.3 Å². The van der Waals surface area contributed by atoms with Crippen LogP contribution in [0.5, 0.6) is 0 Å². The Balaban J connectivity index is 1.87. The Morgan fingerprint density at radius 2 is 1.87 bits per heavy atom. The van der Waals surface area contributed by atoms with Gasteiger partial charge < -0.3 is 9.47 Å². The van der Waals surface area contributed by atoms with E-state index in [1.54, 1.807) is 0 Å². The molecule has 1 unspecified atom stereocenters. The first kappa shape index (κ1) is 9.37. The molecule has 3 rings (SSSR count). The first-order valence-corrected chi connectivity index (χ1v) is 5.73. The summed E-state index contributed by atoms with van der Waals surface area (Å²) >= 11 is 0.